The van der Waals surface area contributed by atoms with Crippen molar-refractivity contribution >= 4 is 10.0 Å². The van der Waals surface area contributed by atoms with Gasteiger partial charge in [-0.15, -0.1) is 0 Å². The number of nitrogens with zero attached hydrogens (tertiary/aromatic N) is 1. The molecule has 2 heterocycles. The third kappa shape index (κ3) is 2.92. The molecule has 6 heteroatoms. The molecule has 1 spiro atoms. The molecular formula is C15H22N2O3S. The number of hydrogen-bond acceptors (Lipinski definition) is 3. The van der Waals surface area contributed by atoms with Crippen LogP contribution in [0.3, 0.4) is 0 Å². The first-order chi connectivity index (χ1) is 10.0. The van der Waals surface area contributed by atoms with Crippen molar-refractivity contribution in [2.24, 2.45) is 5.41 Å². The molecule has 1 aliphatic carbocycles. The summed E-state index contributed by atoms with van der Waals surface area (Å²) < 4.78 is 26.7. The Bertz CT molecular complexity index is 629. The lowest BCUT2D eigenvalue weighted by molar-refractivity contribution is 0.102. The largest absolute Gasteiger partial charge is 0.328 e. The lowest BCUT2D eigenvalue weighted by Gasteiger charge is -2.43. The van der Waals surface area contributed by atoms with E-state index in [4.69, 9.17) is 0 Å². The second-order valence-corrected chi connectivity index (χ2v) is 8.29. The Morgan fingerprint density at radius 3 is 2.24 bits per heavy atom. The molecular weight excluding hydrogens is 288 g/mol. The molecule has 0 bridgehead atoms. The van der Waals surface area contributed by atoms with E-state index >= 15 is 0 Å². The van der Waals surface area contributed by atoms with Gasteiger partial charge >= 0.3 is 0 Å². The number of sulfonamides is 1. The zero-order chi connectivity index (χ0) is 14.9. The van der Waals surface area contributed by atoms with E-state index in [0.29, 0.717) is 18.5 Å². The minimum atomic E-state index is -3.47. The highest BCUT2D eigenvalue weighted by Gasteiger charge is 2.38. The van der Waals surface area contributed by atoms with Crippen LogP contribution in [0, 0.1) is 5.41 Å². The van der Waals surface area contributed by atoms with Crippen LogP contribution >= 0.6 is 0 Å². The fourth-order valence-electron chi connectivity index (χ4n) is 3.71. The maximum absolute atomic E-state index is 12.6. The number of rotatable bonds is 2. The summed E-state index contributed by atoms with van der Waals surface area (Å²) in [5.41, 5.74) is 0.101. The minimum absolute atomic E-state index is 0.182. The van der Waals surface area contributed by atoms with Gasteiger partial charge in [-0.3, -0.25) is 4.79 Å². The van der Waals surface area contributed by atoms with Crippen LogP contribution in [0.25, 0.3) is 0 Å². The maximum atomic E-state index is 12.6. The van der Waals surface area contributed by atoms with Crippen molar-refractivity contribution in [3.05, 3.63) is 28.7 Å². The molecule has 3 rings (SSSR count). The molecule has 1 aromatic rings. The van der Waals surface area contributed by atoms with Crippen LogP contribution in [0.15, 0.2) is 28.0 Å². The van der Waals surface area contributed by atoms with Crippen LogP contribution in [0.4, 0.5) is 0 Å². The third-order valence-corrected chi connectivity index (χ3v) is 6.99. The topological polar surface area (TPSA) is 70.2 Å². The molecule has 2 fully saturated rings. The van der Waals surface area contributed by atoms with Crippen LogP contribution in [-0.2, 0) is 10.0 Å². The summed E-state index contributed by atoms with van der Waals surface area (Å²) in [7, 11) is -3.47. The van der Waals surface area contributed by atoms with Crippen molar-refractivity contribution in [3.8, 4) is 0 Å². The quantitative estimate of drug-likeness (QED) is 0.909. The van der Waals surface area contributed by atoms with Crippen molar-refractivity contribution in [1.82, 2.24) is 9.29 Å². The first-order valence-electron chi connectivity index (χ1n) is 7.71. The van der Waals surface area contributed by atoms with Gasteiger partial charge in [0.15, 0.2) is 0 Å². The van der Waals surface area contributed by atoms with Crippen molar-refractivity contribution in [3.63, 3.8) is 0 Å². The second-order valence-electron chi connectivity index (χ2n) is 6.35. The molecule has 1 saturated heterocycles. The zero-order valence-electron chi connectivity index (χ0n) is 12.2. The Labute approximate surface area is 125 Å². The van der Waals surface area contributed by atoms with Crippen molar-refractivity contribution in [2.45, 2.75) is 49.8 Å². The monoisotopic (exact) mass is 310 g/mol. The van der Waals surface area contributed by atoms with Gasteiger partial charge in [-0.05, 0) is 37.2 Å². The van der Waals surface area contributed by atoms with E-state index < -0.39 is 10.0 Å². The van der Waals surface area contributed by atoms with Crippen LogP contribution in [0.5, 0.6) is 0 Å². The van der Waals surface area contributed by atoms with Crippen LogP contribution < -0.4 is 5.56 Å². The summed E-state index contributed by atoms with van der Waals surface area (Å²) in [6.45, 7) is 1.20. The standard InChI is InChI=1S/C15H22N2O3S/c18-14-5-4-13(12-16-14)21(19,20)17-10-8-15(9-11-17)6-2-1-3-7-15/h4-5,12H,1-3,6-11H2,(H,16,18). The van der Waals surface area contributed by atoms with Crippen LogP contribution in [0.1, 0.15) is 44.9 Å². The Morgan fingerprint density at radius 1 is 1.00 bits per heavy atom. The number of aromatic nitrogens is 1. The number of H-pyrrole nitrogens is 1. The molecule has 0 atom stereocenters. The molecule has 2 aliphatic rings. The first-order valence-corrected chi connectivity index (χ1v) is 9.15. The van der Waals surface area contributed by atoms with E-state index in [-0.39, 0.29) is 10.5 Å². The molecule has 21 heavy (non-hydrogen) atoms. The maximum Gasteiger partial charge on any atom is 0.247 e. The highest BCUT2D eigenvalue weighted by Crippen LogP contribution is 2.45. The second kappa shape index (κ2) is 5.57. The normalized spacial score (nSPS) is 23.2. The highest BCUT2D eigenvalue weighted by atomic mass is 32.2. The SMILES string of the molecule is O=c1ccc(S(=O)(=O)N2CCC3(CCCCC3)CC2)c[nH]1. The lowest BCUT2D eigenvalue weighted by Crippen LogP contribution is -2.43. The van der Waals surface area contributed by atoms with Crippen molar-refractivity contribution in [1.29, 1.82) is 0 Å². The minimum Gasteiger partial charge on any atom is -0.328 e. The fourth-order valence-corrected chi connectivity index (χ4v) is 5.12. The smallest absolute Gasteiger partial charge is 0.247 e. The average molecular weight is 310 g/mol. The molecule has 0 radical (unpaired) electrons. The molecule has 1 aliphatic heterocycles. The third-order valence-electron chi connectivity index (χ3n) is 5.09. The van der Waals surface area contributed by atoms with Gasteiger partial charge in [0, 0.05) is 25.4 Å². The van der Waals surface area contributed by atoms with Gasteiger partial charge in [0.1, 0.15) is 0 Å². The molecule has 1 N–H and O–H groups in total. The summed E-state index contributed by atoms with van der Waals surface area (Å²) in [4.78, 5) is 13.7. The summed E-state index contributed by atoms with van der Waals surface area (Å²) in [6.07, 6.45) is 9.62. The zero-order valence-corrected chi connectivity index (χ0v) is 13.0. The summed E-state index contributed by atoms with van der Waals surface area (Å²) in [5.74, 6) is 0. The molecule has 0 amide bonds. The van der Waals surface area contributed by atoms with E-state index in [1.54, 1.807) is 4.31 Å². The molecule has 116 valence electrons. The van der Waals surface area contributed by atoms with Gasteiger partial charge in [-0.2, -0.15) is 4.31 Å². The van der Waals surface area contributed by atoms with Crippen molar-refractivity contribution in [2.75, 3.05) is 13.1 Å². The van der Waals surface area contributed by atoms with E-state index in [0.717, 1.165) is 12.8 Å². The van der Waals surface area contributed by atoms with E-state index in [9.17, 15) is 13.2 Å². The van der Waals surface area contributed by atoms with Gasteiger partial charge in [0.05, 0.1) is 4.90 Å². The Kier molecular flexibility index (Phi) is 3.92. The lowest BCUT2D eigenvalue weighted by atomic mass is 9.68. The predicted molar refractivity (Wildman–Crippen MR) is 80.6 cm³/mol. The van der Waals surface area contributed by atoms with Gasteiger partial charge in [0.25, 0.3) is 0 Å². The average Bonchev–Trinajstić information content (AvgIpc) is 2.49. The van der Waals surface area contributed by atoms with Crippen LogP contribution in [0.2, 0.25) is 0 Å². The van der Waals surface area contributed by atoms with Crippen molar-refractivity contribution < 1.29 is 8.42 Å². The Hall–Kier alpha value is -1.14. The molecule has 5 nitrogen and oxygen atoms in total. The van der Waals surface area contributed by atoms with Crippen LogP contribution in [-0.4, -0.2) is 30.8 Å². The summed E-state index contributed by atoms with van der Waals surface area (Å²) >= 11 is 0. The summed E-state index contributed by atoms with van der Waals surface area (Å²) in [6, 6.07) is 2.65. The fraction of sp³-hybridized carbons (Fsp3) is 0.667. The number of aromatic amines is 1. The number of pyridine rings is 1. The molecule has 1 aromatic heterocycles. The van der Waals surface area contributed by atoms with E-state index in [2.05, 4.69) is 4.98 Å². The van der Waals surface area contributed by atoms with E-state index in [1.807, 2.05) is 0 Å². The number of piperidine rings is 1. The first kappa shape index (κ1) is 14.8. The summed E-state index contributed by atoms with van der Waals surface area (Å²) in [5, 5.41) is 0. The van der Waals surface area contributed by atoms with Gasteiger partial charge in [0.2, 0.25) is 15.6 Å². The van der Waals surface area contributed by atoms with Gasteiger partial charge in [-0.1, -0.05) is 19.3 Å². The Balaban J connectivity index is 1.73. The van der Waals surface area contributed by atoms with E-state index in [1.165, 1.54) is 50.4 Å². The molecule has 1 saturated carbocycles. The van der Waals surface area contributed by atoms with Gasteiger partial charge in [-0.25, -0.2) is 8.42 Å². The predicted octanol–water partition coefficient (Wildman–Crippen LogP) is 2.11. The number of hydrogen-bond donors (Lipinski definition) is 1. The Morgan fingerprint density at radius 2 is 1.67 bits per heavy atom. The molecule has 0 aromatic carbocycles. The van der Waals surface area contributed by atoms with Gasteiger partial charge < -0.3 is 4.98 Å². The molecule has 0 unspecified atom stereocenters. The number of nitrogens with one attached hydrogen (secondary N) is 1. The highest BCUT2D eigenvalue weighted by molar-refractivity contribution is 7.89.